The van der Waals surface area contributed by atoms with E-state index in [0.29, 0.717) is 36.8 Å². The second-order valence-corrected chi connectivity index (χ2v) is 13.0. The molecule has 2 saturated carbocycles. The lowest BCUT2D eigenvalue weighted by atomic mass is 9.99. The Hall–Kier alpha value is -3.23. The van der Waals surface area contributed by atoms with Crippen LogP contribution < -0.4 is 10.6 Å². The van der Waals surface area contributed by atoms with Crippen LogP contribution in [0.1, 0.15) is 73.7 Å². The number of hydrogen-bond donors (Lipinski definition) is 1. The number of Topliss-reactive ketones (excluding diaryl/α,β-unsaturated/α-hetero) is 1. The van der Waals surface area contributed by atoms with Crippen LogP contribution in [0.25, 0.3) is 10.2 Å². The van der Waals surface area contributed by atoms with Crippen molar-refractivity contribution in [3.63, 3.8) is 0 Å². The fourth-order valence-corrected chi connectivity index (χ4v) is 8.01. The molecule has 41 heavy (non-hydrogen) atoms. The van der Waals surface area contributed by atoms with E-state index in [9.17, 15) is 9.59 Å². The molecule has 0 spiro atoms. The molecule has 214 valence electrons. The summed E-state index contributed by atoms with van der Waals surface area (Å²) in [6.07, 6.45) is 7.10. The number of benzene rings is 2. The molecular formula is C33H37N3O4S. The highest BCUT2D eigenvalue weighted by Crippen LogP contribution is 2.51. The summed E-state index contributed by atoms with van der Waals surface area (Å²) < 4.78 is 12.7. The van der Waals surface area contributed by atoms with E-state index in [1.165, 1.54) is 5.56 Å². The number of allylic oxidation sites excluding steroid dienone is 1. The van der Waals surface area contributed by atoms with Gasteiger partial charge in [0, 0.05) is 35.2 Å². The number of ketones is 1. The van der Waals surface area contributed by atoms with E-state index in [2.05, 4.69) is 29.2 Å². The number of piperidine rings is 1. The molecule has 3 heterocycles. The van der Waals surface area contributed by atoms with E-state index in [4.69, 9.17) is 20.2 Å². The van der Waals surface area contributed by atoms with Gasteiger partial charge in [-0.15, -0.1) is 0 Å². The number of carbonyl (C=O) groups excluding carboxylic acids is 2. The zero-order valence-electron chi connectivity index (χ0n) is 23.5. The van der Waals surface area contributed by atoms with E-state index >= 15 is 0 Å². The molecule has 0 radical (unpaired) electrons. The highest BCUT2D eigenvalue weighted by atomic mass is 32.1. The van der Waals surface area contributed by atoms with Gasteiger partial charge in [-0.1, -0.05) is 41.7 Å². The molecule has 2 saturated heterocycles. The summed E-state index contributed by atoms with van der Waals surface area (Å²) in [5.41, 5.74) is 11.0. The highest BCUT2D eigenvalue weighted by Gasteiger charge is 2.45. The van der Waals surface area contributed by atoms with E-state index in [-0.39, 0.29) is 29.7 Å². The van der Waals surface area contributed by atoms with Gasteiger partial charge in [0.2, 0.25) is 0 Å². The van der Waals surface area contributed by atoms with Gasteiger partial charge in [-0.05, 0) is 81.5 Å². The Morgan fingerprint density at radius 3 is 2.49 bits per heavy atom. The molecule has 8 heteroatoms. The van der Waals surface area contributed by atoms with Crippen LogP contribution in [0, 0.1) is 11.8 Å². The quantitative estimate of drug-likeness (QED) is 0.236. The highest BCUT2D eigenvalue weighted by molar-refractivity contribution is 7.22. The number of thiazole rings is 1. The third-order valence-electron chi connectivity index (χ3n) is 9.27. The zero-order valence-corrected chi connectivity index (χ0v) is 24.3. The number of carbonyl (C=O) groups is 2. The summed E-state index contributed by atoms with van der Waals surface area (Å²) in [6.45, 7) is 2.50. The third-order valence-corrected chi connectivity index (χ3v) is 10.3. The number of rotatable bonds is 10. The molecule has 4 fully saturated rings. The van der Waals surface area contributed by atoms with Crippen molar-refractivity contribution in [2.24, 2.45) is 17.6 Å². The largest absolute Gasteiger partial charge is 0.462 e. The molecule has 2 aliphatic carbocycles. The molecule has 4 unspecified atom stereocenters. The number of aromatic nitrogens is 1. The molecule has 5 atom stereocenters. The Morgan fingerprint density at radius 1 is 1.02 bits per heavy atom. The fourth-order valence-electron chi connectivity index (χ4n) is 6.86. The van der Waals surface area contributed by atoms with Crippen LogP contribution in [0.3, 0.4) is 0 Å². The maximum absolute atomic E-state index is 13.3. The van der Waals surface area contributed by atoms with Gasteiger partial charge in [0.05, 0.1) is 35.1 Å². The molecular weight excluding hydrogens is 534 g/mol. The average molecular weight is 572 g/mol. The Morgan fingerprint density at radius 2 is 1.78 bits per heavy atom. The molecule has 1 aromatic heterocycles. The van der Waals surface area contributed by atoms with Crippen molar-refractivity contribution in [3.8, 4) is 0 Å². The number of fused-ring (bicyclic) bond motifs is 3. The molecule has 7 rings (SSSR count). The Labute approximate surface area is 244 Å². The molecule has 2 N–H and O–H groups in total. The average Bonchev–Trinajstić information content (AvgIpc) is 3.91. The van der Waals surface area contributed by atoms with Gasteiger partial charge in [-0.3, -0.25) is 4.79 Å². The first-order valence-electron chi connectivity index (χ1n) is 15.1. The van der Waals surface area contributed by atoms with E-state index < -0.39 is 0 Å². The maximum Gasteiger partial charge on any atom is 0.338 e. The topological polar surface area (TPSA) is 94.7 Å². The minimum absolute atomic E-state index is 0.104. The summed E-state index contributed by atoms with van der Waals surface area (Å²) in [5.74, 6) is 0.675. The van der Waals surface area contributed by atoms with Crippen molar-refractivity contribution in [1.29, 1.82) is 0 Å². The summed E-state index contributed by atoms with van der Waals surface area (Å²) in [6, 6.07) is 16.8. The van der Waals surface area contributed by atoms with Crippen LogP contribution in [0.2, 0.25) is 0 Å². The summed E-state index contributed by atoms with van der Waals surface area (Å²) >= 11 is 1.64. The number of esters is 1. The predicted octanol–water partition coefficient (Wildman–Crippen LogP) is 5.99. The van der Waals surface area contributed by atoms with Gasteiger partial charge < -0.3 is 20.1 Å². The first kappa shape index (κ1) is 26.7. The molecule has 4 aliphatic rings. The van der Waals surface area contributed by atoms with Gasteiger partial charge in [0.25, 0.3) is 0 Å². The van der Waals surface area contributed by atoms with Crippen molar-refractivity contribution < 1.29 is 19.1 Å². The van der Waals surface area contributed by atoms with E-state index in [1.54, 1.807) is 17.4 Å². The van der Waals surface area contributed by atoms with Crippen LogP contribution in [-0.4, -0.2) is 48.1 Å². The minimum Gasteiger partial charge on any atom is -0.462 e. The smallest absolute Gasteiger partial charge is 0.338 e. The second-order valence-electron chi connectivity index (χ2n) is 12.0. The maximum atomic E-state index is 13.3. The van der Waals surface area contributed by atoms with Crippen LogP contribution in [-0.2, 0) is 14.3 Å². The molecule has 2 aliphatic heterocycles. The third kappa shape index (κ3) is 5.28. The second kappa shape index (κ2) is 10.9. The van der Waals surface area contributed by atoms with Crippen LogP contribution in [0.15, 0.2) is 59.8 Å². The lowest BCUT2D eigenvalue weighted by Gasteiger charge is -2.38. The number of hydrogen-bond acceptors (Lipinski definition) is 8. The number of anilines is 1. The van der Waals surface area contributed by atoms with Gasteiger partial charge in [0.1, 0.15) is 0 Å². The van der Waals surface area contributed by atoms with Crippen LogP contribution >= 0.6 is 11.3 Å². The van der Waals surface area contributed by atoms with Gasteiger partial charge in [-0.25, -0.2) is 9.78 Å². The Balaban J connectivity index is 1.03. The SMILES string of the molecule is CCOC(=O)c1ccc2nc(N3C4CC[C@H]3CC(OCC(C(=O)C3CC3)=C(N)C3CC3c3ccccc3)C4)sc2c1. The number of ether oxygens (including phenoxy) is 2. The van der Waals surface area contributed by atoms with Crippen molar-refractivity contribution in [2.45, 2.75) is 76.0 Å². The molecule has 7 nitrogen and oxygen atoms in total. The van der Waals surface area contributed by atoms with Gasteiger partial charge in [0.15, 0.2) is 10.9 Å². The summed E-state index contributed by atoms with van der Waals surface area (Å²) in [4.78, 5) is 32.9. The Bertz CT molecular complexity index is 1480. The monoisotopic (exact) mass is 571 g/mol. The normalized spacial score (nSPS) is 27.5. The molecule has 0 amide bonds. The summed E-state index contributed by atoms with van der Waals surface area (Å²) in [7, 11) is 0. The van der Waals surface area contributed by atoms with Crippen molar-refractivity contribution >= 4 is 38.4 Å². The molecule has 2 bridgehead atoms. The van der Waals surface area contributed by atoms with Crippen LogP contribution in [0.4, 0.5) is 5.13 Å². The zero-order chi connectivity index (χ0) is 28.1. The molecule has 3 aromatic rings. The van der Waals surface area contributed by atoms with Gasteiger partial charge >= 0.3 is 5.97 Å². The lowest BCUT2D eigenvalue weighted by molar-refractivity contribution is -0.117. The first-order valence-corrected chi connectivity index (χ1v) is 15.9. The first-order chi connectivity index (χ1) is 20.0. The van der Waals surface area contributed by atoms with Crippen molar-refractivity contribution in [2.75, 3.05) is 18.1 Å². The summed E-state index contributed by atoms with van der Waals surface area (Å²) in [5, 5.41) is 1.02. The predicted molar refractivity (Wildman–Crippen MR) is 160 cm³/mol. The number of nitrogens with two attached hydrogens (primary N) is 1. The van der Waals surface area contributed by atoms with E-state index in [0.717, 1.165) is 71.6 Å². The lowest BCUT2D eigenvalue weighted by Crippen LogP contribution is -2.45. The standard InChI is InChI=1S/C33H37N3O4S/c1-2-39-32(38)21-10-13-28-29(14-21)41-33(35-28)36-22-11-12-23(36)16-24(15-22)40-18-27(31(37)20-8-9-20)30(34)26-17-25(26)19-6-4-3-5-7-19/h3-7,10,13-14,20,22-26H,2,8-9,11-12,15-18,34H2,1H3/t22-,23?,24?,25?,26?/m0/s1. The van der Waals surface area contributed by atoms with Crippen molar-refractivity contribution in [1.82, 2.24) is 4.98 Å². The number of nitrogens with zero attached hydrogens (tertiary/aromatic N) is 2. The van der Waals surface area contributed by atoms with Crippen molar-refractivity contribution in [3.05, 3.63) is 70.9 Å². The van der Waals surface area contributed by atoms with Gasteiger partial charge in [-0.2, -0.15) is 0 Å². The van der Waals surface area contributed by atoms with E-state index in [1.807, 2.05) is 25.1 Å². The molecule has 2 aromatic carbocycles. The minimum atomic E-state index is -0.297. The fraction of sp³-hybridized carbons (Fsp3) is 0.485. The van der Waals surface area contributed by atoms with Crippen LogP contribution in [0.5, 0.6) is 0 Å². The Kier molecular flexibility index (Phi) is 7.07.